The molecule has 0 radical (unpaired) electrons. The van der Waals surface area contributed by atoms with Gasteiger partial charge in [0.15, 0.2) is 0 Å². The number of rotatable bonds is 3. The van der Waals surface area contributed by atoms with E-state index in [0.717, 1.165) is 5.06 Å². The Balaban J connectivity index is 2.01. The second-order valence-electron chi connectivity index (χ2n) is 4.10. The molecule has 2 aliphatic rings. The monoisotopic (exact) mass is 261 g/mol. The molecule has 1 unspecified atom stereocenters. The van der Waals surface area contributed by atoms with Gasteiger partial charge in [0.25, 0.3) is 5.91 Å². The fraction of sp³-hybridized carbons (Fsp3) is 0.700. The van der Waals surface area contributed by atoms with Crippen LogP contribution in [-0.4, -0.2) is 75.3 Å². The van der Waals surface area contributed by atoms with Crippen LogP contribution in [0.5, 0.6) is 0 Å². The molecule has 0 aromatic heterocycles. The summed E-state index contributed by atoms with van der Waals surface area (Å²) in [5.74, 6) is -0.410. The lowest BCUT2D eigenvalue weighted by atomic mass is 9.99. The number of hydrogen-bond acceptors (Lipinski definition) is 7. The first-order chi connectivity index (χ1) is 8.54. The predicted molar refractivity (Wildman–Crippen MR) is 55.7 cm³/mol. The summed E-state index contributed by atoms with van der Waals surface area (Å²) in [6, 6.07) is 0. The summed E-state index contributed by atoms with van der Waals surface area (Å²) in [4.78, 5) is 16.4. The van der Waals surface area contributed by atoms with Crippen molar-refractivity contribution in [2.45, 2.75) is 30.7 Å². The quantitative estimate of drug-likeness (QED) is 0.430. The maximum atomic E-state index is 11.3. The van der Waals surface area contributed by atoms with Crippen molar-refractivity contribution in [3.63, 3.8) is 0 Å². The first-order valence-corrected chi connectivity index (χ1v) is 5.50. The van der Waals surface area contributed by atoms with Crippen molar-refractivity contribution in [2.75, 3.05) is 13.2 Å². The number of aliphatic hydroxyl groups excluding tert-OH is 4. The Morgan fingerprint density at radius 3 is 2.61 bits per heavy atom. The molecule has 1 amide bonds. The fourth-order valence-corrected chi connectivity index (χ4v) is 1.80. The molecule has 0 bridgehead atoms. The highest BCUT2D eigenvalue weighted by Crippen LogP contribution is 2.23. The van der Waals surface area contributed by atoms with Crippen LogP contribution in [0.2, 0.25) is 0 Å². The highest BCUT2D eigenvalue weighted by Gasteiger charge is 2.45. The maximum absolute atomic E-state index is 11.3. The summed E-state index contributed by atoms with van der Waals surface area (Å²) in [6.45, 7) is -0.342. The third-order valence-corrected chi connectivity index (χ3v) is 2.86. The van der Waals surface area contributed by atoms with E-state index < -0.39 is 43.2 Å². The number of amides is 1. The predicted octanol–water partition coefficient (Wildman–Crippen LogP) is -2.88. The first kappa shape index (κ1) is 13.4. The summed E-state index contributed by atoms with van der Waals surface area (Å²) in [5.41, 5.74) is 0. The van der Waals surface area contributed by atoms with Crippen molar-refractivity contribution < 1.29 is 34.8 Å². The third kappa shape index (κ3) is 2.39. The first-order valence-electron chi connectivity index (χ1n) is 5.50. The van der Waals surface area contributed by atoms with Crippen molar-refractivity contribution in [3.05, 3.63) is 12.2 Å². The van der Waals surface area contributed by atoms with E-state index in [1.807, 2.05) is 0 Å². The number of carbonyl (C=O) groups excluding carboxylic acids is 1. The van der Waals surface area contributed by atoms with Crippen LogP contribution < -0.4 is 0 Å². The average molecular weight is 261 g/mol. The van der Waals surface area contributed by atoms with Crippen LogP contribution in [0.15, 0.2) is 12.2 Å². The lowest BCUT2D eigenvalue weighted by Gasteiger charge is -2.40. The van der Waals surface area contributed by atoms with E-state index in [1.54, 1.807) is 6.08 Å². The van der Waals surface area contributed by atoms with Crippen LogP contribution >= 0.6 is 0 Å². The maximum Gasteiger partial charge on any atom is 0.270 e. The summed E-state index contributed by atoms with van der Waals surface area (Å²) in [6.07, 6.45) is -4.01. The number of aliphatic hydroxyl groups is 4. The second-order valence-corrected chi connectivity index (χ2v) is 4.10. The molecular weight excluding hydrogens is 246 g/mol. The Kier molecular flexibility index (Phi) is 3.95. The average Bonchev–Trinajstić information content (AvgIpc) is 2.76. The zero-order valence-electron chi connectivity index (χ0n) is 9.42. The minimum atomic E-state index is -1.52. The molecule has 2 rings (SSSR count). The van der Waals surface area contributed by atoms with Gasteiger partial charge in [-0.1, -0.05) is 6.08 Å². The SMILES string of the molecule is O=C1C=CCN1OC1O[C@@H](CO)[C@@H](O)[C@H](O)[C@H]1O. The van der Waals surface area contributed by atoms with Crippen LogP contribution in [0.25, 0.3) is 0 Å². The minimum Gasteiger partial charge on any atom is -0.394 e. The van der Waals surface area contributed by atoms with Gasteiger partial charge < -0.3 is 25.2 Å². The summed E-state index contributed by atoms with van der Waals surface area (Å²) < 4.78 is 5.09. The van der Waals surface area contributed by atoms with Gasteiger partial charge in [0.1, 0.15) is 24.4 Å². The fourth-order valence-electron chi connectivity index (χ4n) is 1.80. The smallest absolute Gasteiger partial charge is 0.270 e. The molecule has 0 aromatic carbocycles. The van der Waals surface area contributed by atoms with Gasteiger partial charge in [-0.3, -0.25) is 4.79 Å². The molecule has 18 heavy (non-hydrogen) atoms. The van der Waals surface area contributed by atoms with Gasteiger partial charge in [-0.05, 0) is 0 Å². The van der Waals surface area contributed by atoms with E-state index in [0.29, 0.717) is 0 Å². The van der Waals surface area contributed by atoms with Gasteiger partial charge >= 0.3 is 0 Å². The molecule has 5 atom stereocenters. The van der Waals surface area contributed by atoms with Crippen LogP contribution in [0.1, 0.15) is 0 Å². The molecule has 8 nitrogen and oxygen atoms in total. The lowest BCUT2D eigenvalue weighted by Crippen LogP contribution is -2.60. The van der Waals surface area contributed by atoms with Gasteiger partial charge in [0.2, 0.25) is 6.29 Å². The van der Waals surface area contributed by atoms with Gasteiger partial charge in [0.05, 0.1) is 13.2 Å². The van der Waals surface area contributed by atoms with E-state index in [2.05, 4.69) is 0 Å². The van der Waals surface area contributed by atoms with Crippen molar-refractivity contribution in [1.82, 2.24) is 5.06 Å². The van der Waals surface area contributed by atoms with Crippen molar-refractivity contribution in [3.8, 4) is 0 Å². The van der Waals surface area contributed by atoms with Gasteiger partial charge in [0, 0.05) is 6.08 Å². The normalized spacial score (nSPS) is 40.6. The van der Waals surface area contributed by atoms with E-state index in [-0.39, 0.29) is 6.54 Å². The number of carbonyl (C=O) groups is 1. The number of hydrogen-bond donors (Lipinski definition) is 4. The van der Waals surface area contributed by atoms with Crippen molar-refractivity contribution >= 4 is 5.91 Å². The summed E-state index contributed by atoms with van der Waals surface area (Å²) in [5, 5.41) is 38.7. The highest BCUT2D eigenvalue weighted by atomic mass is 16.8. The lowest BCUT2D eigenvalue weighted by molar-refractivity contribution is -0.349. The zero-order valence-corrected chi connectivity index (χ0v) is 9.42. The molecule has 4 N–H and O–H groups in total. The Morgan fingerprint density at radius 2 is 2.06 bits per heavy atom. The molecule has 102 valence electrons. The molecule has 0 saturated carbocycles. The molecular formula is C10H15NO7. The Bertz CT molecular complexity index is 345. The van der Waals surface area contributed by atoms with Crippen LogP contribution in [0, 0.1) is 0 Å². The highest BCUT2D eigenvalue weighted by molar-refractivity contribution is 5.89. The van der Waals surface area contributed by atoms with Crippen LogP contribution in [0.4, 0.5) is 0 Å². The molecule has 8 heteroatoms. The van der Waals surface area contributed by atoms with E-state index >= 15 is 0 Å². The zero-order chi connectivity index (χ0) is 13.3. The Morgan fingerprint density at radius 1 is 1.33 bits per heavy atom. The summed E-state index contributed by atoms with van der Waals surface area (Å²) in [7, 11) is 0. The van der Waals surface area contributed by atoms with Crippen LogP contribution in [-0.2, 0) is 14.4 Å². The number of nitrogens with zero attached hydrogens (tertiary/aromatic N) is 1. The van der Waals surface area contributed by atoms with Gasteiger partial charge in [-0.25, -0.2) is 9.90 Å². The summed E-state index contributed by atoms with van der Waals surface area (Å²) >= 11 is 0. The largest absolute Gasteiger partial charge is 0.394 e. The number of hydroxylamine groups is 2. The standard InChI is InChI=1S/C10H15NO7/c12-4-5-7(14)8(15)9(16)10(17-5)18-11-3-1-2-6(11)13/h1-2,5,7-10,12,14-16H,3-4H2/t5-,7+,8-,9+,10?/m0/s1. The van der Waals surface area contributed by atoms with E-state index in [9.17, 15) is 20.1 Å². The number of ether oxygens (including phenoxy) is 1. The Labute approximate surface area is 103 Å². The Hall–Kier alpha value is -1.03. The van der Waals surface area contributed by atoms with E-state index in [4.69, 9.17) is 14.7 Å². The van der Waals surface area contributed by atoms with Gasteiger partial charge in [-0.15, -0.1) is 0 Å². The van der Waals surface area contributed by atoms with Gasteiger partial charge in [-0.2, -0.15) is 0 Å². The molecule has 1 fully saturated rings. The topological polar surface area (TPSA) is 120 Å². The molecule has 0 aliphatic carbocycles. The van der Waals surface area contributed by atoms with Crippen molar-refractivity contribution in [1.29, 1.82) is 0 Å². The molecule has 2 aliphatic heterocycles. The third-order valence-electron chi connectivity index (χ3n) is 2.86. The molecule has 1 saturated heterocycles. The molecule has 2 heterocycles. The van der Waals surface area contributed by atoms with Crippen molar-refractivity contribution in [2.24, 2.45) is 0 Å². The molecule has 0 aromatic rings. The van der Waals surface area contributed by atoms with E-state index in [1.165, 1.54) is 6.08 Å². The minimum absolute atomic E-state index is 0.202. The molecule has 0 spiro atoms. The second kappa shape index (κ2) is 5.31. The van der Waals surface area contributed by atoms with Crippen LogP contribution in [0.3, 0.4) is 0 Å².